The van der Waals surface area contributed by atoms with Crippen molar-refractivity contribution in [2.75, 3.05) is 9.80 Å². The summed E-state index contributed by atoms with van der Waals surface area (Å²) in [5, 5.41) is 4.50. The van der Waals surface area contributed by atoms with E-state index in [9.17, 15) is 0 Å². The Hall–Kier alpha value is -8.66. The Morgan fingerprint density at radius 2 is 0.945 bits per heavy atom. The van der Waals surface area contributed by atoms with Crippen LogP contribution in [0.1, 0.15) is 55.9 Å². The summed E-state index contributed by atoms with van der Waals surface area (Å²) in [5.41, 5.74) is 21.3. The van der Waals surface area contributed by atoms with Gasteiger partial charge in [0.15, 0.2) is 0 Å². The van der Waals surface area contributed by atoms with Gasteiger partial charge in [-0.2, -0.15) is 0 Å². The summed E-state index contributed by atoms with van der Waals surface area (Å²) in [7, 11) is 0. The molecular formula is C70H54N2O. The third-order valence-electron chi connectivity index (χ3n) is 16.5. The lowest BCUT2D eigenvalue weighted by atomic mass is 9.74. The topological polar surface area (TPSA) is 19.6 Å². The fourth-order valence-corrected chi connectivity index (χ4v) is 12.7. The van der Waals surface area contributed by atoms with Gasteiger partial charge in [0.1, 0.15) is 11.2 Å². The molecule has 14 rings (SSSR count). The van der Waals surface area contributed by atoms with E-state index in [1.165, 1.54) is 66.7 Å². The lowest BCUT2D eigenvalue weighted by Gasteiger charge is -2.34. The fraction of sp³-hybridized carbons (Fsp3) is 0.114. The molecule has 0 spiro atoms. The maximum absolute atomic E-state index is 6.95. The van der Waals surface area contributed by atoms with E-state index in [2.05, 4.69) is 280 Å². The monoisotopic (exact) mass is 938 g/mol. The van der Waals surface area contributed by atoms with Crippen molar-refractivity contribution in [3.63, 3.8) is 0 Å². The lowest BCUT2D eigenvalue weighted by molar-refractivity contribution is 0.392. The molecule has 3 aliphatic carbocycles. The van der Waals surface area contributed by atoms with Crippen LogP contribution in [-0.2, 0) is 10.8 Å². The van der Waals surface area contributed by atoms with Crippen LogP contribution in [0.2, 0.25) is 0 Å². The Labute approximate surface area is 427 Å². The summed E-state index contributed by atoms with van der Waals surface area (Å²) in [5.74, 6) is 0.662. The zero-order valence-electron chi connectivity index (χ0n) is 41.6. The van der Waals surface area contributed by atoms with E-state index < -0.39 is 0 Å². The van der Waals surface area contributed by atoms with Crippen molar-refractivity contribution in [3.8, 4) is 33.4 Å². The normalized spacial score (nSPS) is 16.7. The first-order valence-electron chi connectivity index (χ1n) is 25.7. The van der Waals surface area contributed by atoms with Crippen molar-refractivity contribution in [1.82, 2.24) is 0 Å². The number of benzene rings is 10. The van der Waals surface area contributed by atoms with Gasteiger partial charge in [-0.15, -0.1) is 0 Å². The van der Waals surface area contributed by atoms with Gasteiger partial charge in [-0.05, 0) is 157 Å². The molecular weight excluding hydrogens is 885 g/mol. The molecule has 0 saturated heterocycles. The summed E-state index contributed by atoms with van der Waals surface area (Å²) in [6.07, 6.45) is 7.29. The molecule has 11 aromatic rings. The summed E-state index contributed by atoms with van der Waals surface area (Å²) >= 11 is 0. The second-order valence-corrected chi connectivity index (χ2v) is 21.4. The van der Waals surface area contributed by atoms with Crippen molar-refractivity contribution in [3.05, 3.63) is 271 Å². The van der Waals surface area contributed by atoms with E-state index in [-0.39, 0.29) is 10.8 Å². The van der Waals surface area contributed by atoms with Gasteiger partial charge in [0.25, 0.3) is 0 Å². The van der Waals surface area contributed by atoms with Crippen LogP contribution >= 0.6 is 0 Å². The van der Waals surface area contributed by atoms with E-state index in [1.54, 1.807) is 0 Å². The third-order valence-corrected chi connectivity index (χ3v) is 16.5. The van der Waals surface area contributed by atoms with Crippen molar-refractivity contribution in [1.29, 1.82) is 0 Å². The predicted molar refractivity (Wildman–Crippen MR) is 306 cm³/mol. The molecule has 3 aliphatic rings. The lowest BCUT2D eigenvalue weighted by Crippen LogP contribution is -2.28. The van der Waals surface area contributed by atoms with Gasteiger partial charge in [0, 0.05) is 62.3 Å². The van der Waals surface area contributed by atoms with E-state index in [4.69, 9.17) is 4.42 Å². The quantitative estimate of drug-likeness (QED) is 0.151. The maximum atomic E-state index is 6.95. The van der Waals surface area contributed by atoms with Crippen molar-refractivity contribution < 1.29 is 4.42 Å². The van der Waals surface area contributed by atoms with E-state index in [1.807, 2.05) is 0 Å². The Bertz CT molecular complexity index is 4030. The molecule has 350 valence electrons. The predicted octanol–water partition coefficient (Wildman–Crippen LogP) is 19.1. The van der Waals surface area contributed by atoms with Crippen LogP contribution in [-0.4, -0.2) is 0 Å². The number of furan rings is 1. The van der Waals surface area contributed by atoms with Crippen LogP contribution < -0.4 is 9.80 Å². The molecule has 0 N–H and O–H groups in total. The number of hydrogen-bond acceptors (Lipinski definition) is 3. The zero-order valence-corrected chi connectivity index (χ0v) is 41.6. The van der Waals surface area contributed by atoms with Crippen LogP contribution in [0.5, 0.6) is 0 Å². The SMILES string of the molecule is CC1(C)c2ccccc2-c2ccc(N(c3ccc(-c4ccccc4)cc3)c3ccc4cc5c(cc4c3)oc3cc(N(C4=CC6C(C=C4)c4ccccc4C6(C)C)c4ccc(-c6ccccc6)cc4)ccc35)cc21. The van der Waals surface area contributed by atoms with Crippen LogP contribution in [0.3, 0.4) is 0 Å². The largest absolute Gasteiger partial charge is 0.456 e. The molecule has 1 aromatic heterocycles. The Kier molecular flexibility index (Phi) is 9.72. The highest BCUT2D eigenvalue weighted by Crippen LogP contribution is 2.55. The molecule has 0 aliphatic heterocycles. The molecule has 73 heavy (non-hydrogen) atoms. The minimum absolute atomic E-state index is 0.0146. The summed E-state index contributed by atoms with van der Waals surface area (Å²) in [6.45, 7) is 9.52. The molecule has 0 amide bonds. The van der Waals surface area contributed by atoms with Gasteiger partial charge in [0.2, 0.25) is 0 Å². The Balaban J connectivity index is 0.867. The number of rotatable bonds is 8. The standard InChI is InChI=1S/C70H54N2O/c1-69(2)63-21-13-11-19-57(63)59-36-33-54(42-65(59)69)71(51-28-23-47(24-29-51)45-15-7-5-8-16-45)53-32-27-49-40-62-61-38-35-56(44-68(61)73-67(62)41-50(49)39-53)72(52-30-25-48(26-31-52)46-17-9-6-10-18-46)55-34-37-60-58-20-12-14-22-64(58)70(3,4)66(60)43-55/h5-44,60,66H,1-4H3. The van der Waals surface area contributed by atoms with Crippen molar-refractivity contribution >= 4 is 61.1 Å². The highest BCUT2D eigenvalue weighted by Gasteiger charge is 2.45. The molecule has 2 unspecified atom stereocenters. The average Bonchev–Trinajstić information content (AvgIpc) is 3.99. The maximum Gasteiger partial charge on any atom is 0.137 e. The highest BCUT2D eigenvalue weighted by molar-refractivity contribution is 6.11. The van der Waals surface area contributed by atoms with E-state index in [0.29, 0.717) is 11.8 Å². The molecule has 3 nitrogen and oxygen atoms in total. The summed E-state index contributed by atoms with van der Waals surface area (Å²) < 4.78 is 6.95. The van der Waals surface area contributed by atoms with Gasteiger partial charge < -0.3 is 14.2 Å². The summed E-state index contributed by atoms with van der Waals surface area (Å²) in [4.78, 5) is 4.82. The van der Waals surface area contributed by atoms with Gasteiger partial charge >= 0.3 is 0 Å². The highest BCUT2D eigenvalue weighted by atomic mass is 16.3. The van der Waals surface area contributed by atoms with Gasteiger partial charge in [-0.3, -0.25) is 0 Å². The smallest absolute Gasteiger partial charge is 0.137 e. The zero-order chi connectivity index (χ0) is 49.0. The molecule has 0 bridgehead atoms. The first kappa shape index (κ1) is 43.2. The molecule has 0 saturated carbocycles. The van der Waals surface area contributed by atoms with Crippen LogP contribution in [0.25, 0.3) is 66.1 Å². The van der Waals surface area contributed by atoms with Crippen molar-refractivity contribution in [2.24, 2.45) is 5.92 Å². The fourth-order valence-electron chi connectivity index (χ4n) is 12.7. The minimum Gasteiger partial charge on any atom is -0.456 e. The first-order valence-corrected chi connectivity index (χ1v) is 25.7. The Morgan fingerprint density at radius 1 is 0.397 bits per heavy atom. The van der Waals surface area contributed by atoms with Gasteiger partial charge in [0.05, 0.1) is 0 Å². The number of hydrogen-bond donors (Lipinski definition) is 0. The third kappa shape index (κ3) is 6.94. The molecule has 10 aromatic carbocycles. The van der Waals surface area contributed by atoms with E-state index >= 15 is 0 Å². The second kappa shape index (κ2) is 16.4. The van der Waals surface area contributed by atoms with Gasteiger partial charge in [-0.1, -0.05) is 185 Å². The minimum atomic E-state index is -0.127. The molecule has 3 heteroatoms. The number of allylic oxidation sites excluding steroid dienone is 3. The molecule has 0 fully saturated rings. The molecule has 0 radical (unpaired) electrons. The van der Waals surface area contributed by atoms with E-state index in [0.717, 1.165) is 55.8 Å². The van der Waals surface area contributed by atoms with Crippen LogP contribution in [0, 0.1) is 5.92 Å². The van der Waals surface area contributed by atoms with Crippen molar-refractivity contribution in [2.45, 2.75) is 44.4 Å². The number of nitrogens with zero attached hydrogens (tertiary/aromatic N) is 2. The number of fused-ring (bicyclic) bond motifs is 10. The van der Waals surface area contributed by atoms with Crippen LogP contribution in [0.15, 0.2) is 253 Å². The first-order chi connectivity index (χ1) is 35.7. The Morgan fingerprint density at radius 3 is 1.67 bits per heavy atom. The van der Waals surface area contributed by atoms with Crippen LogP contribution in [0.4, 0.5) is 28.4 Å². The van der Waals surface area contributed by atoms with Gasteiger partial charge in [-0.25, -0.2) is 0 Å². The molecule has 1 heterocycles. The number of anilines is 5. The second-order valence-electron chi connectivity index (χ2n) is 21.4. The molecule has 2 atom stereocenters. The summed E-state index contributed by atoms with van der Waals surface area (Å²) in [6, 6.07) is 82.3. The average molecular weight is 939 g/mol.